The van der Waals surface area contributed by atoms with E-state index in [1.807, 2.05) is 36.4 Å². The van der Waals surface area contributed by atoms with Crippen LogP contribution in [0.5, 0.6) is 0 Å². The van der Waals surface area contributed by atoms with E-state index in [0.717, 1.165) is 49.5 Å². The first kappa shape index (κ1) is 38.3. The fraction of sp³-hybridized carbons (Fsp3) is 0.525. The largest absolute Gasteiger partial charge is 0.444 e. The summed E-state index contributed by atoms with van der Waals surface area (Å²) in [7, 11) is 0. The van der Waals surface area contributed by atoms with Crippen LogP contribution in [0, 0.1) is 35.0 Å². The third-order valence-corrected chi connectivity index (χ3v) is 9.38. The number of amides is 4. The van der Waals surface area contributed by atoms with E-state index in [1.165, 1.54) is 15.4 Å². The van der Waals surface area contributed by atoms with Crippen LogP contribution in [0.2, 0.25) is 0 Å². The Morgan fingerprint density at radius 1 is 0.865 bits per heavy atom. The van der Waals surface area contributed by atoms with Gasteiger partial charge in [0.2, 0.25) is 17.7 Å². The number of nitrogens with one attached hydrogen (secondary N) is 2. The third kappa shape index (κ3) is 10.3. The van der Waals surface area contributed by atoms with Gasteiger partial charge in [-0.1, -0.05) is 50.0 Å². The highest BCUT2D eigenvalue weighted by Gasteiger charge is 2.45. The monoisotopic (exact) mass is 710 g/mol. The highest BCUT2D eigenvalue weighted by atomic mass is 16.6. The first-order chi connectivity index (χ1) is 24.8. The van der Waals surface area contributed by atoms with Gasteiger partial charge in [-0.25, -0.2) is 4.79 Å². The molecule has 5 rings (SSSR count). The third-order valence-electron chi connectivity index (χ3n) is 9.38. The molecule has 3 aliphatic rings. The summed E-state index contributed by atoms with van der Waals surface area (Å²) in [5, 5.41) is 15.4. The van der Waals surface area contributed by atoms with Crippen molar-refractivity contribution in [1.29, 1.82) is 5.26 Å². The second-order valence-electron chi connectivity index (χ2n) is 15.1. The van der Waals surface area contributed by atoms with Crippen molar-refractivity contribution in [1.82, 2.24) is 25.3 Å². The Labute approximate surface area is 306 Å². The van der Waals surface area contributed by atoms with Gasteiger partial charge in [-0.3, -0.25) is 24.2 Å². The van der Waals surface area contributed by atoms with E-state index in [0.29, 0.717) is 0 Å². The highest BCUT2D eigenvalue weighted by molar-refractivity contribution is 5.90. The topological polar surface area (TPSA) is 144 Å². The van der Waals surface area contributed by atoms with Crippen molar-refractivity contribution >= 4 is 23.8 Å². The van der Waals surface area contributed by atoms with Crippen LogP contribution in [0.4, 0.5) is 4.79 Å². The molecule has 4 amide bonds. The number of morpholine rings is 1. The molecule has 3 fully saturated rings. The lowest BCUT2D eigenvalue weighted by Gasteiger charge is -2.28. The summed E-state index contributed by atoms with van der Waals surface area (Å²) in [6.45, 7) is 13.6. The maximum Gasteiger partial charge on any atom is 0.411 e. The molecule has 3 heterocycles. The molecule has 3 aliphatic heterocycles. The van der Waals surface area contributed by atoms with E-state index in [4.69, 9.17) is 9.47 Å². The van der Waals surface area contributed by atoms with Gasteiger partial charge in [-0.15, -0.1) is 0 Å². The summed E-state index contributed by atoms with van der Waals surface area (Å²) < 4.78 is 10.9. The zero-order chi connectivity index (χ0) is 37.4. The quantitative estimate of drug-likeness (QED) is 0.397. The molecule has 0 bridgehead atoms. The van der Waals surface area contributed by atoms with Crippen molar-refractivity contribution in [2.75, 3.05) is 39.4 Å². The van der Waals surface area contributed by atoms with Crippen LogP contribution in [0.3, 0.4) is 0 Å². The molecule has 2 aromatic carbocycles. The van der Waals surface area contributed by atoms with Gasteiger partial charge in [-0.05, 0) is 69.0 Å². The van der Waals surface area contributed by atoms with Crippen molar-refractivity contribution < 1.29 is 28.7 Å². The lowest BCUT2D eigenvalue weighted by molar-refractivity contribution is -0.140. The molecule has 0 aliphatic carbocycles. The molecule has 0 spiro atoms. The SMILES string of the molecule is CC(C)C(=O)N1C[C@H](NC(=O)[C@@H]2C[C@H](C#N)CN2C(=O)OC(C)(C)C)C[C@@H]1C(=O)NCc1ccc(C#Cc2ccc(CN3CCOCC3)cc2)cc1. The minimum absolute atomic E-state index is 0.0918. The van der Waals surface area contributed by atoms with Gasteiger partial charge in [0, 0.05) is 62.4 Å². The Hall–Kier alpha value is -4.91. The average Bonchev–Trinajstić information content (AvgIpc) is 3.75. The highest BCUT2D eigenvalue weighted by Crippen LogP contribution is 2.27. The molecule has 12 heteroatoms. The number of carbonyl (C=O) groups excluding carboxylic acids is 4. The van der Waals surface area contributed by atoms with Crippen LogP contribution in [0.1, 0.15) is 69.7 Å². The summed E-state index contributed by atoms with van der Waals surface area (Å²) in [5.74, 6) is 4.64. The molecule has 52 heavy (non-hydrogen) atoms. The standard InChI is InChI=1S/C40H50N6O6/c1-27(2)38(49)45-26-33(43-37(48)34-20-32(22-41)25-46(34)39(50)52-40(3,4)5)21-35(45)36(47)42-23-30-12-8-28(9-13-30)6-7-29-10-14-31(15-11-29)24-44-16-18-51-19-17-44/h8-15,27,32-35H,16-21,23-26H2,1-5H3,(H,42,47)(H,43,48)/t32-,33-,34+,35-/m1/s1. The zero-order valence-corrected chi connectivity index (χ0v) is 30.8. The van der Waals surface area contributed by atoms with Crippen molar-refractivity contribution in [3.8, 4) is 17.9 Å². The zero-order valence-electron chi connectivity index (χ0n) is 30.8. The number of benzene rings is 2. The number of ether oxygens (including phenoxy) is 2. The molecule has 0 radical (unpaired) electrons. The van der Waals surface area contributed by atoms with Gasteiger partial charge in [0.25, 0.3) is 0 Å². The Morgan fingerprint density at radius 3 is 2.04 bits per heavy atom. The summed E-state index contributed by atoms with van der Waals surface area (Å²) in [6, 6.07) is 15.9. The number of rotatable bonds is 8. The first-order valence-electron chi connectivity index (χ1n) is 18.1. The van der Waals surface area contributed by atoms with Crippen LogP contribution < -0.4 is 10.6 Å². The predicted molar refractivity (Wildman–Crippen MR) is 194 cm³/mol. The molecular weight excluding hydrogens is 660 g/mol. The van der Waals surface area contributed by atoms with Gasteiger partial charge in [0.05, 0.1) is 25.2 Å². The average molecular weight is 711 g/mol. The molecule has 2 aromatic rings. The molecule has 276 valence electrons. The van der Waals surface area contributed by atoms with E-state index in [2.05, 4.69) is 45.6 Å². The van der Waals surface area contributed by atoms with Gasteiger partial charge in [0.15, 0.2) is 0 Å². The smallest absolute Gasteiger partial charge is 0.411 e. The number of carbonyl (C=O) groups is 4. The van der Waals surface area contributed by atoms with Crippen LogP contribution >= 0.6 is 0 Å². The fourth-order valence-corrected chi connectivity index (χ4v) is 6.63. The fourth-order valence-electron chi connectivity index (χ4n) is 6.63. The molecule has 0 unspecified atom stereocenters. The molecular formula is C40H50N6O6. The Morgan fingerprint density at radius 2 is 1.46 bits per heavy atom. The van der Waals surface area contributed by atoms with Crippen LogP contribution in [0.25, 0.3) is 0 Å². The van der Waals surface area contributed by atoms with Gasteiger partial charge >= 0.3 is 6.09 Å². The Balaban J connectivity index is 1.16. The van der Waals surface area contributed by atoms with Crippen LogP contribution in [-0.4, -0.2) is 102 Å². The molecule has 3 saturated heterocycles. The minimum atomic E-state index is -0.889. The normalized spacial score (nSPS) is 21.9. The molecule has 0 aromatic heterocycles. The molecule has 12 nitrogen and oxygen atoms in total. The molecule has 2 N–H and O–H groups in total. The molecule has 0 saturated carbocycles. The van der Waals surface area contributed by atoms with E-state index >= 15 is 0 Å². The number of hydrogen-bond donors (Lipinski definition) is 2. The van der Waals surface area contributed by atoms with Gasteiger partial charge < -0.3 is 25.0 Å². The second-order valence-corrected chi connectivity index (χ2v) is 15.1. The van der Waals surface area contributed by atoms with E-state index in [-0.39, 0.29) is 50.2 Å². The van der Waals surface area contributed by atoms with Crippen molar-refractivity contribution in [2.45, 2.75) is 84.3 Å². The summed E-state index contributed by atoms with van der Waals surface area (Å²) >= 11 is 0. The second kappa shape index (κ2) is 17.1. The lowest BCUT2D eigenvalue weighted by Crippen LogP contribution is -2.50. The van der Waals surface area contributed by atoms with E-state index in [9.17, 15) is 24.4 Å². The summed E-state index contributed by atoms with van der Waals surface area (Å²) in [6.07, 6.45) is -0.254. The van der Waals surface area contributed by atoms with E-state index < -0.39 is 41.6 Å². The molecule has 4 atom stereocenters. The predicted octanol–water partition coefficient (Wildman–Crippen LogP) is 3.43. The van der Waals surface area contributed by atoms with Crippen molar-refractivity contribution in [3.63, 3.8) is 0 Å². The maximum absolute atomic E-state index is 13.5. The summed E-state index contributed by atoms with van der Waals surface area (Å²) in [5.41, 5.74) is 3.15. The lowest BCUT2D eigenvalue weighted by atomic mass is 10.1. The Kier molecular flexibility index (Phi) is 12.6. The number of nitrogens with zero attached hydrogens (tertiary/aromatic N) is 4. The van der Waals surface area contributed by atoms with Gasteiger partial charge in [-0.2, -0.15) is 5.26 Å². The Bertz CT molecular complexity index is 1700. The van der Waals surface area contributed by atoms with E-state index in [1.54, 1.807) is 34.6 Å². The minimum Gasteiger partial charge on any atom is -0.444 e. The van der Waals surface area contributed by atoms with Crippen LogP contribution in [-0.2, 0) is 36.9 Å². The summed E-state index contributed by atoms with van der Waals surface area (Å²) in [4.78, 5) is 58.3. The van der Waals surface area contributed by atoms with Crippen LogP contribution in [0.15, 0.2) is 48.5 Å². The number of hydrogen-bond acceptors (Lipinski definition) is 8. The first-order valence-corrected chi connectivity index (χ1v) is 18.1. The van der Waals surface area contributed by atoms with Gasteiger partial charge in [0.1, 0.15) is 17.7 Å². The number of likely N-dealkylation sites (tertiary alicyclic amines) is 2. The van der Waals surface area contributed by atoms with Crippen molar-refractivity contribution in [2.24, 2.45) is 11.8 Å². The van der Waals surface area contributed by atoms with Crippen molar-refractivity contribution in [3.05, 3.63) is 70.8 Å². The maximum atomic E-state index is 13.5. The number of nitriles is 1.